The summed E-state index contributed by atoms with van der Waals surface area (Å²) >= 11 is 0. The maximum Gasteiger partial charge on any atom is 0.0934 e. The van der Waals surface area contributed by atoms with E-state index in [2.05, 4.69) is 90.9 Å². The fourth-order valence-corrected chi connectivity index (χ4v) is 13.4. The van der Waals surface area contributed by atoms with E-state index in [1.807, 2.05) is 0 Å². The topological polar surface area (TPSA) is 30.9 Å². The predicted octanol–water partition coefficient (Wildman–Crippen LogP) is 16.9. The average Bonchev–Trinajstić information content (AvgIpc) is 3.62. The van der Waals surface area contributed by atoms with Gasteiger partial charge in [-0.25, -0.2) is 0 Å². The summed E-state index contributed by atoms with van der Waals surface area (Å²) in [7, 11) is 4.28. The number of rotatable bonds is 36. The maximum absolute atomic E-state index is 6.61. The minimum Gasteiger partial charge on any atom is -0.379 e. The molecule has 0 aliphatic heterocycles. The Morgan fingerprint density at radius 3 is 2.02 bits per heavy atom. The fourth-order valence-electron chi connectivity index (χ4n) is 13.4. The first-order valence-corrected chi connectivity index (χ1v) is 28.0. The molecule has 0 aromatic rings. The van der Waals surface area contributed by atoms with Crippen LogP contribution >= 0.6 is 0 Å². The van der Waals surface area contributed by atoms with E-state index in [9.17, 15) is 0 Å². The van der Waals surface area contributed by atoms with Crippen LogP contribution in [0.4, 0.5) is 0 Å². The quantitative estimate of drug-likeness (QED) is 0.0463. The van der Waals surface area contributed by atoms with E-state index < -0.39 is 0 Å². The Morgan fingerprint density at radius 1 is 0.683 bits per heavy atom. The van der Waals surface area contributed by atoms with Crippen LogP contribution in [0.1, 0.15) is 234 Å². The van der Waals surface area contributed by atoms with Crippen molar-refractivity contribution in [1.82, 2.24) is 4.90 Å². The zero-order valence-electron chi connectivity index (χ0n) is 43.4. The van der Waals surface area contributed by atoms with Gasteiger partial charge in [0.25, 0.3) is 0 Å². The molecular formula is C59H107NO3. The fraction of sp³-hybridized carbons (Fsp3) is 0.898. The summed E-state index contributed by atoms with van der Waals surface area (Å²) in [5.74, 6) is 5.50. The highest BCUT2D eigenvalue weighted by Gasteiger charge is 2.59. The normalized spacial score (nSPS) is 28.2. The second-order valence-corrected chi connectivity index (χ2v) is 22.9. The number of unbranched alkanes of at least 4 members (excludes halogenated alkanes) is 15. The molecule has 0 amide bonds. The molecule has 366 valence electrons. The number of hydrogen-bond donors (Lipinski definition) is 0. The molecule has 4 aliphatic rings. The summed E-state index contributed by atoms with van der Waals surface area (Å²) in [6, 6.07) is 0. The van der Waals surface area contributed by atoms with Crippen LogP contribution in [0.2, 0.25) is 0 Å². The molecule has 0 saturated heterocycles. The molecule has 3 fully saturated rings. The molecule has 4 heteroatoms. The second kappa shape index (κ2) is 31.2. The van der Waals surface area contributed by atoms with Gasteiger partial charge in [-0.2, -0.15) is 0 Å². The zero-order chi connectivity index (χ0) is 45.2. The molecule has 63 heavy (non-hydrogen) atoms. The SMILES string of the molecule is CCCCC/C=C\C/C=C\CCCCCCCCOCC(CN(C)C)OCCCCCCCCCO[C@H]1CC[C@@]2(C)C(=CC[C@H]3[C@@H]4CC[C@H]([C@H](C)CCCC(C)C)[C@@]4(C)CC[C@@H]32)C1. The van der Waals surface area contributed by atoms with Crippen LogP contribution in [0, 0.1) is 46.3 Å². The van der Waals surface area contributed by atoms with Crippen molar-refractivity contribution in [2.75, 3.05) is 47.1 Å². The number of allylic oxidation sites excluding steroid dienone is 5. The van der Waals surface area contributed by atoms with Crippen LogP contribution in [0.15, 0.2) is 36.0 Å². The first-order valence-electron chi connectivity index (χ1n) is 28.0. The molecule has 0 aromatic heterocycles. The smallest absolute Gasteiger partial charge is 0.0934 e. The van der Waals surface area contributed by atoms with Crippen LogP contribution in [-0.2, 0) is 14.2 Å². The van der Waals surface area contributed by atoms with Gasteiger partial charge in [0.05, 0.1) is 18.8 Å². The molecule has 0 heterocycles. The van der Waals surface area contributed by atoms with Gasteiger partial charge in [-0.05, 0) is 163 Å². The van der Waals surface area contributed by atoms with E-state index in [1.54, 1.807) is 5.57 Å². The summed E-state index contributed by atoms with van der Waals surface area (Å²) < 4.78 is 19.0. The van der Waals surface area contributed by atoms with Gasteiger partial charge in [-0.15, -0.1) is 0 Å². The van der Waals surface area contributed by atoms with Crippen molar-refractivity contribution >= 4 is 0 Å². The first-order chi connectivity index (χ1) is 30.6. The second-order valence-electron chi connectivity index (χ2n) is 22.9. The van der Waals surface area contributed by atoms with Crippen molar-refractivity contribution < 1.29 is 14.2 Å². The lowest BCUT2D eigenvalue weighted by Crippen LogP contribution is -2.51. The molecule has 1 unspecified atom stereocenters. The summed E-state index contributed by atoms with van der Waals surface area (Å²) in [6.07, 6.45) is 52.6. The van der Waals surface area contributed by atoms with Crippen molar-refractivity contribution in [2.24, 2.45) is 46.3 Å². The van der Waals surface area contributed by atoms with Crippen molar-refractivity contribution in [3.8, 4) is 0 Å². The van der Waals surface area contributed by atoms with Gasteiger partial charge in [0.2, 0.25) is 0 Å². The third kappa shape index (κ3) is 19.3. The molecule has 0 spiro atoms. The van der Waals surface area contributed by atoms with E-state index in [0.29, 0.717) is 16.9 Å². The van der Waals surface area contributed by atoms with E-state index in [4.69, 9.17) is 14.2 Å². The third-order valence-electron chi connectivity index (χ3n) is 17.1. The maximum atomic E-state index is 6.61. The van der Waals surface area contributed by atoms with Crippen molar-refractivity contribution in [2.45, 2.75) is 246 Å². The number of fused-ring (bicyclic) bond motifs is 5. The van der Waals surface area contributed by atoms with Crippen LogP contribution in [0.5, 0.6) is 0 Å². The number of likely N-dealkylation sites (N-methyl/N-ethyl adjacent to an activating group) is 1. The molecule has 0 bridgehead atoms. The highest BCUT2D eigenvalue weighted by Crippen LogP contribution is 2.67. The minimum absolute atomic E-state index is 0.176. The minimum atomic E-state index is 0.176. The Morgan fingerprint density at radius 2 is 1.33 bits per heavy atom. The molecule has 4 nitrogen and oxygen atoms in total. The first kappa shape index (κ1) is 54.7. The zero-order valence-corrected chi connectivity index (χ0v) is 43.4. The summed E-state index contributed by atoms with van der Waals surface area (Å²) in [5.41, 5.74) is 2.80. The highest BCUT2D eigenvalue weighted by molar-refractivity contribution is 5.25. The van der Waals surface area contributed by atoms with E-state index in [-0.39, 0.29) is 6.10 Å². The van der Waals surface area contributed by atoms with E-state index in [1.165, 1.54) is 180 Å². The molecule has 9 atom stereocenters. The van der Waals surface area contributed by atoms with Gasteiger partial charge < -0.3 is 19.1 Å². The Kier molecular flexibility index (Phi) is 27.0. The summed E-state index contributed by atoms with van der Waals surface area (Å²) in [5, 5.41) is 0. The lowest BCUT2D eigenvalue weighted by molar-refractivity contribution is -0.0641. The molecular weight excluding hydrogens is 771 g/mol. The number of hydrogen-bond acceptors (Lipinski definition) is 4. The lowest BCUT2D eigenvalue weighted by atomic mass is 9.47. The van der Waals surface area contributed by atoms with Crippen molar-refractivity contribution in [1.29, 1.82) is 0 Å². The molecule has 0 aromatic carbocycles. The average molecular weight is 879 g/mol. The third-order valence-corrected chi connectivity index (χ3v) is 17.1. The van der Waals surface area contributed by atoms with Crippen molar-refractivity contribution in [3.05, 3.63) is 36.0 Å². The monoisotopic (exact) mass is 878 g/mol. The van der Waals surface area contributed by atoms with Gasteiger partial charge in [0, 0.05) is 26.4 Å². The molecule has 4 aliphatic carbocycles. The van der Waals surface area contributed by atoms with Gasteiger partial charge in [-0.1, -0.05) is 167 Å². The molecule has 0 radical (unpaired) electrons. The molecule has 4 rings (SSSR count). The van der Waals surface area contributed by atoms with Crippen LogP contribution in [0.3, 0.4) is 0 Å². The Hall–Kier alpha value is -0.940. The lowest BCUT2D eigenvalue weighted by Gasteiger charge is -2.58. The predicted molar refractivity (Wildman–Crippen MR) is 274 cm³/mol. The van der Waals surface area contributed by atoms with E-state index in [0.717, 1.165) is 81.3 Å². The van der Waals surface area contributed by atoms with E-state index >= 15 is 0 Å². The Balaban J connectivity index is 0.967. The largest absolute Gasteiger partial charge is 0.379 e. The summed E-state index contributed by atoms with van der Waals surface area (Å²) in [4.78, 5) is 2.23. The number of ether oxygens (including phenoxy) is 3. The molecule has 3 saturated carbocycles. The summed E-state index contributed by atoms with van der Waals surface area (Å²) in [6.45, 7) is 19.4. The van der Waals surface area contributed by atoms with Gasteiger partial charge >= 0.3 is 0 Å². The van der Waals surface area contributed by atoms with Crippen LogP contribution < -0.4 is 0 Å². The van der Waals surface area contributed by atoms with Crippen molar-refractivity contribution in [3.63, 3.8) is 0 Å². The Labute approximate surface area is 393 Å². The van der Waals surface area contributed by atoms with Crippen LogP contribution in [-0.4, -0.2) is 64.2 Å². The van der Waals surface area contributed by atoms with Gasteiger partial charge in [-0.3, -0.25) is 0 Å². The van der Waals surface area contributed by atoms with Gasteiger partial charge in [0.1, 0.15) is 0 Å². The Bertz CT molecular complexity index is 1260. The highest BCUT2D eigenvalue weighted by atomic mass is 16.5. The molecule has 0 N–H and O–H groups in total. The van der Waals surface area contributed by atoms with Gasteiger partial charge in [0.15, 0.2) is 0 Å². The van der Waals surface area contributed by atoms with Crippen LogP contribution in [0.25, 0.3) is 0 Å². The number of nitrogens with zero attached hydrogens (tertiary/aromatic N) is 1. The standard InChI is InChI=1S/C59H107NO3/c1-9-10-11-12-13-14-15-16-17-18-19-20-21-23-26-29-43-61-48-53(47-60(7)8)63-45-31-28-25-22-24-27-30-44-62-52-39-41-58(5)51(46-52)35-36-54-56-38-37-55(50(4)34-32-33-49(2)3)59(56,6)42-40-57(54)58/h13-14,16-17,35,49-50,52-57H,9-12,15,18-34,36-48H2,1-8H3/b14-13-,17-16-/t50-,52+,53?,54+,55-,56+,57+,58+,59-/m1/s1.